The van der Waals surface area contributed by atoms with Gasteiger partial charge in [-0.15, -0.1) is 0 Å². The number of hydrogen-bond acceptors (Lipinski definition) is 6. The summed E-state index contributed by atoms with van der Waals surface area (Å²) in [5, 5.41) is 8.04. The zero-order chi connectivity index (χ0) is 20.1. The molecule has 1 fully saturated rings. The highest BCUT2D eigenvalue weighted by Crippen LogP contribution is 2.20. The summed E-state index contributed by atoms with van der Waals surface area (Å²) in [4.78, 5) is 24.3. The van der Waals surface area contributed by atoms with E-state index in [1.165, 1.54) is 0 Å². The molecule has 5 rings (SSSR count). The lowest BCUT2D eigenvalue weighted by atomic mass is 10.2. The molecule has 0 radical (unpaired) electrons. The Hall–Kier alpha value is -3.26. The topological polar surface area (TPSA) is 79.8 Å². The van der Waals surface area contributed by atoms with Crippen LogP contribution in [0.15, 0.2) is 41.5 Å². The molecule has 1 aliphatic heterocycles. The summed E-state index contributed by atoms with van der Waals surface area (Å²) in [6.07, 6.45) is 3.76. The number of nitrogens with one attached hydrogen (secondary N) is 1. The van der Waals surface area contributed by atoms with Crippen LogP contribution in [-0.2, 0) is 0 Å². The zero-order valence-electron chi connectivity index (χ0n) is 16.8. The van der Waals surface area contributed by atoms with Crippen molar-refractivity contribution in [3.8, 4) is 11.4 Å². The Labute approximate surface area is 167 Å². The van der Waals surface area contributed by atoms with E-state index in [-0.39, 0.29) is 5.56 Å². The molecule has 0 aromatic carbocycles. The Bertz CT molecular complexity index is 1290. The van der Waals surface area contributed by atoms with Crippen LogP contribution in [0, 0.1) is 13.8 Å². The van der Waals surface area contributed by atoms with Crippen LogP contribution < -0.4 is 15.8 Å². The number of anilines is 1. The number of rotatable bonds is 2. The summed E-state index contributed by atoms with van der Waals surface area (Å²) in [5.41, 5.74) is 5.47. The quantitative estimate of drug-likeness (QED) is 0.563. The molecule has 4 aromatic rings. The van der Waals surface area contributed by atoms with Crippen molar-refractivity contribution in [1.82, 2.24) is 29.3 Å². The van der Waals surface area contributed by atoms with E-state index >= 15 is 0 Å². The van der Waals surface area contributed by atoms with E-state index in [0.717, 1.165) is 42.2 Å². The monoisotopic (exact) mass is 389 g/mol. The minimum absolute atomic E-state index is 0.114. The van der Waals surface area contributed by atoms with E-state index in [0.29, 0.717) is 23.1 Å². The number of piperazine rings is 1. The van der Waals surface area contributed by atoms with Gasteiger partial charge < -0.3 is 10.2 Å². The van der Waals surface area contributed by atoms with E-state index < -0.39 is 0 Å². The molecule has 1 atom stereocenters. The van der Waals surface area contributed by atoms with Crippen LogP contribution in [0.5, 0.6) is 0 Å². The predicted octanol–water partition coefficient (Wildman–Crippen LogP) is 1.82. The van der Waals surface area contributed by atoms with Gasteiger partial charge in [0.1, 0.15) is 11.3 Å². The fraction of sp³-hybridized carbons (Fsp3) is 0.333. The Kier molecular flexibility index (Phi) is 4.09. The van der Waals surface area contributed by atoms with E-state index in [9.17, 15) is 4.79 Å². The molecule has 0 bridgehead atoms. The zero-order valence-corrected chi connectivity index (χ0v) is 16.8. The second-order valence-electron chi connectivity index (χ2n) is 7.76. The highest BCUT2D eigenvalue weighted by molar-refractivity contribution is 5.62. The van der Waals surface area contributed by atoms with Gasteiger partial charge in [-0.2, -0.15) is 5.10 Å². The van der Waals surface area contributed by atoms with E-state index in [2.05, 4.69) is 27.2 Å². The first kappa shape index (κ1) is 17.8. The molecule has 0 saturated carbocycles. The fourth-order valence-electron chi connectivity index (χ4n) is 3.95. The lowest BCUT2D eigenvalue weighted by Crippen LogP contribution is -2.49. The molecular formula is C21H23N7O. The van der Waals surface area contributed by atoms with Gasteiger partial charge in [0.25, 0.3) is 5.56 Å². The normalized spacial score (nSPS) is 17.3. The molecule has 1 saturated heterocycles. The van der Waals surface area contributed by atoms with Gasteiger partial charge in [0.15, 0.2) is 5.65 Å². The molecule has 8 nitrogen and oxygen atoms in total. The van der Waals surface area contributed by atoms with Gasteiger partial charge in [0.05, 0.1) is 23.3 Å². The third-order valence-corrected chi connectivity index (χ3v) is 5.37. The van der Waals surface area contributed by atoms with Crippen molar-refractivity contribution in [2.45, 2.75) is 26.8 Å². The number of aryl methyl sites for hydroxylation is 2. The molecule has 8 heteroatoms. The second kappa shape index (κ2) is 6.66. The Balaban J connectivity index is 1.58. The van der Waals surface area contributed by atoms with Crippen LogP contribution in [0.3, 0.4) is 0 Å². The summed E-state index contributed by atoms with van der Waals surface area (Å²) in [5.74, 6) is 0. The van der Waals surface area contributed by atoms with Crippen molar-refractivity contribution in [3.05, 3.63) is 58.3 Å². The number of fused-ring (bicyclic) bond motifs is 2. The molecule has 0 amide bonds. The maximum absolute atomic E-state index is 12.9. The standard InChI is InChI=1S/C21H23N7O/c1-13-8-18(25-28-11-15(3)23-21(13)28)17-9-20(29)27-12-16(4-5-19(27)24-17)26-7-6-22-14(2)10-26/h4-5,8-9,11-12,14,22H,6-7,10H2,1-3H3. The molecule has 1 unspecified atom stereocenters. The van der Waals surface area contributed by atoms with Crippen LogP contribution in [0.1, 0.15) is 18.2 Å². The first-order chi connectivity index (χ1) is 14.0. The van der Waals surface area contributed by atoms with Gasteiger partial charge >= 0.3 is 0 Å². The third-order valence-electron chi connectivity index (χ3n) is 5.37. The lowest BCUT2D eigenvalue weighted by molar-refractivity contribution is 0.484. The van der Waals surface area contributed by atoms with Crippen LogP contribution in [0.4, 0.5) is 5.69 Å². The molecule has 1 N–H and O–H groups in total. The molecule has 29 heavy (non-hydrogen) atoms. The molecule has 0 spiro atoms. The highest BCUT2D eigenvalue weighted by atomic mass is 16.1. The van der Waals surface area contributed by atoms with E-state index in [4.69, 9.17) is 4.98 Å². The van der Waals surface area contributed by atoms with Crippen molar-refractivity contribution >= 4 is 17.0 Å². The minimum atomic E-state index is -0.114. The third kappa shape index (κ3) is 3.15. The summed E-state index contributed by atoms with van der Waals surface area (Å²) >= 11 is 0. The van der Waals surface area contributed by atoms with Crippen molar-refractivity contribution in [3.63, 3.8) is 0 Å². The van der Waals surface area contributed by atoms with Gasteiger partial charge in [-0.05, 0) is 44.5 Å². The summed E-state index contributed by atoms with van der Waals surface area (Å²) in [6, 6.07) is 7.84. The average Bonchev–Trinajstić information content (AvgIpc) is 3.08. The highest BCUT2D eigenvalue weighted by Gasteiger charge is 2.17. The molecule has 148 valence electrons. The smallest absolute Gasteiger partial charge is 0.258 e. The summed E-state index contributed by atoms with van der Waals surface area (Å²) < 4.78 is 3.36. The van der Waals surface area contributed by atoms with Crippen LogP contribution in [0.2, 0.25) is 0 Å². The van der Waals surface area contributed by atoms with Crippen molar-refractivity contribution in [1.29, 1.82) is 0 Å². The second-order valence-corrected chi connectivity index (χ2v) is 7.76. The molecular weight excluding hydrogens is 366 g/mol. The molecule has 5 heterocycles. The number of imidazole rings is 1. The van der Waals surface area contributed by atoms with E-state index in [1.54, 1.807) is 15.0 Å². The predicted molar refractivity (Wildman–Crippen MR) is 113 cm³/mol. The SMILES string of the molecule is Cc1cn2nc(-c3cc(=O)n4cc(N5CCNC(C)C5)ccc4n3)cc(C)c2n1. The first-order valence-corrected chi connectivity index (χ1v) is 9.84. The van der Waals surface area contributed by atoms with Gasteiger partial charge in [0.2, 0.25) is 0 Å². The first-order valence-electron chi connectivity index (χ1n) is 9.84. The Morgan fingerprint density at radius 3 is 2.79 bits per heavy atom. The van der Waals surface area contributed by atoms with Gasteiger partial charge in [-0.3, -0.25) is 9.20 Å². The number of nitrogens with zero attached hydrogens (tertiary/aromatic N) is 6. The maximum Gasteiger partial charge on any atom is 0.258 e. The fourth-order valence-corrected chi connectivity index (χ4v) is 3.95. The summed E-state index contributed by atoms with van der Waals surface area (Å²) in [6.45, 7) is 8.86. The van der Waals surface area contributed by atoms with Crippen molar-refractivity contribution in [2.24, 2.45) is 0 Å². The average molecular weight is 389 g/mol. The number of hydrogen-bond donors (Lipinski definition) is 1. The van der Waals surface area contributed by atoms with Crippen LogP contribution in [-0.4, -0.2) is 49.7 Å². The maximum atomic E-state index is 12.9. The van der Waals surface area contributed by atoms with Crippen LogP contribution in [0.25, 0.3) is 22.7 Å². The van der Waals surface area contributed by atoms with E-state index in [1.807, 2.05) is 44.4 Å². The summed E-state index contributed by atoms with van der Waals surface area (Å²) in [7, 11) is 0. The minimum Gasteiger partial charge on any atom is -0.368 e. The van der Waals surface area contributed by atoms with Crippen molar-refractivity contribution in [2.75, 3.05) is 24.5 Å². The Morgan fingerprint density at radius 1 is 1.10 bits per heavy atom. The molecule has 4 aromatic heterocycles. The van der Waals surface area contributed by atoms with Gasteiger partial charge in [0, 0.05) is 37.9 Å². The number of pyridine rings is 1. The molecule has 1 aliphatic rings. The van der Waals surface area contributed by atoms with Gasteiger partial charge in [-0.1, -0.05) is 0 Å². The number of aromatic nitrogens is 5. The Morgan fingerprint density at radius 2 is 1.97 bits per heavy atom. The van der Waals surface area contributed by atoms with Crippen molar-refractivity contribution < 1.29 is 0 Å². The van der Waals surface area contributed by atoms with Crippen LogP contribution >= 0.6 is 0 Å². The lowest BCUT2D eigenvalue weighted by Gasteiger charge is -2.33. The molecule has 0 aliphatic carbocycles. The van der Waals surface area contributed by atoms with Gasteiger partial charge in [-0.25, -0.2) is 14.5 Å². The largest absolute Gasteiger partial charge is 0.368 e.